The van der Waals surface area contributed by atoms with E-state index < -0.39 is 6.09 Å². The van der Waals surface area contributed by atoms with E-state index in [1.807, 2.05) is 4.90 Å². The maximum absolute atomic E-state index is 12.9. The number of fused-ring (bicyclic) bond motifs is 1. The van der Waals surface area contributed by atoms with Gasteiger partial charge in [0.05, 0.1) is 16.7 Å². The number of nitrogens with one attached hydrogen (secondary N) is 1. The van der Waals surface area contributed by atoms with Crippen molar-refractivity contribution >= 4 is 29.3 Å². The molecule has 2 aliphatic rings. The predicted octanol–water partition coefficient (Wildman–Crippen LogP) is 4.95. The second-order valence-corrected chi connectivity index (χ2v) is 8.03. The highest BCUT2D eigenvalue weighted by Gasteiger charge is 2.33. The molecule has 6 heteroatoms. The lowest BCUT2D eigenvalue weighted by molar-refractivity contribution is 0.0521. The van der Waals surface area contributed by atoms with Gasteiger partial charge in [0.25, 0.3) is 5.91 Å². The standard InChI is InChI=1S/C20H27ClN2O3/c1-13(2)26-20(25)22-16-7-8-17(18(21)11-16)19(24)23-10-9-14-5-3-4-6-15(14)12-23/h7-8,11,13-15H,3-6,9-10,12H2,1-2H3,(H,22,25)/t14-,15+/m1/s1. The lowest BCUT2D eigenvalue weighted by atomic mass is 9.75. The Kier molecular flexibility index (Phi) is 6.07. The molecule has 1 saturated carbocycles. The van der Waals surface area contributed by atoms with Gasteiger partial charge in [-0.3, -0.25) is 10.1 Å². The van der Waals surface area contributed by atoms with E-state index >= 15 is 0 Å². The Morgan fingerprint density at radius 1 is 1.19 bits per heavy atom. The molecular formula is C20H27ClN2O3. The number of carbonyl (C=O) groups excluding carboxylic acids is 2. The van der Waals surface area contributed by atoms with Gasteiger partial charge in [0.2, 0.25) is 0 Å². The summed E-state index contributed by atoms with van der Waals surface area (Å²) in [7, 11) is 0. The smallest absolute Gasteiger partial charge is 0.411 e. The summed E-state index contributed by atoms with van der Waals surface area (Å²) in [4.78, 5) is 26.5. The van der Waals surface area contributed by atoms with Gasteiger partial charge in [-0.2, -0.15) is 0 Å². The van der Waals surface area contributed by atoms with Crippen LogP contribution in [0.5, 0.6) is 0 Å². The fraction of sp³-hybridized carbons (Fsp3) is 0.600. The molecule has 0 spiro atoms. The van der Waals surface area contributed by atoms with Crippen molar-refractivity contribution in [1.82, 2.24) is 4.90 Å². The minimum atomic E-state index is -0.533. The van der Waals surface area contributed by atoms with Crippen LogP contribution in [0.3, 0.4) is 0 Å². The molecule has 26 heavy (non-hydrogen) atoms. The highest BCUT2D eigenvalue weighted by Crippen LogP contribution is 2.36. The molecule has 5 nitrogen and oxygen atoms in total. The average molecular weight is 379 g/mol. The number of benzene rings is 1. The molecule has 1 aromatic rings. The number of ether oxygens (including phenoxy) is 1. The molecule has 1 saturated heterocycles. The van der Waals surface area contributed by atoms with E-state index in [0.717, 1.165) is 25.4 Å². The molecule has 1 aliphatic heterocycles. The lowest BCUT2D eigenvalue weighted by Crippen LogP contribution is -2.44. The fourth-order valence-corrected chi connectivity index (χ4v) is 4.34. The highest BCUT2D eigenvalue weighted by atomic mass is 35.5. The van der Waals surface area contributed by atoms with Gasteiger partial charge in [-0.25, -0.2) is 4.79 Å². The van der Waals surface area contributed by atoms with Gasteiger partial charge in [-0.05, 0) is 56.7 Å². The van der Waals surface area contributed by atoms with Crippen molar-refractivity contribution < 1.29 is 14.3 Å². The third-order valence-electron chi connectivity index (χ3n) is 5.37. The number of likely N-dealkylation sites (tertiary alicyclic amines) is 1. The second-order valence-electron chi connectivity index (χ2n) is 7.62. The van der Waals surface area contributed by atoms with Crippen molar-refractivity contribution in [2.75, 3.05) is 18.4 Å². The first kappa shape index (κ1) is 19.0. The number of halogens is 1. The number of piperidine rings is 1. The van der Waals surface area contributed by atoms with Crippen LogP contribution in [0.1, 0.15) is 56.3 Å². The molecule has 2 atom stereocenters. The summed E-state index contributed by atoms with van der Waals surface area (Å²) >= 11 is 6.33. The summed E-state index contributed by atoms with van der Waals surface area (Å²) in [5.74, 6) is 1.39. The zero-order chi connectivity index (χ0) is 18.7. The van der Waals surface area contributed by atoms with Crippen LogP contribution in [0.25, 0.3) is 0 Å². The SMILES string of the molecule is CC(C)OC(=O)Nc1ccc(C(=O)N2CC[C@H]3CCCC[C@H]3C2)c(Cl)c1. The van der Waals surface area contributed by atoms with E-state index in [0.29, 0.717) is 22.2 Å². The molecular weight excluding hydrogens is 352 g/mol. The van der Waals surface area contributed by atoms with Gasteiger partial charge in [0.1, 0.15) is 0 Å². The van der Waals surface area contributed by atoms with E-state index in [2.05, 4.69) is 5.32 Å². The molecule has 0 unspecified atom stereocenters. The van der Waals surface area contributed by atoms with Crippen LogP contribution < -0.4 is 5.32 Å². The molecule has 1 aromatic carbocycles. The van der Waals surface area contributed by atoms with Crippen LogP contribution in [-0.2, 0) is 4.74 Å². The normalized spacial score (nSPS) is 22.7. The highest BCUT2D eigenvalue weighted by molar-refractivity contribution is 6.34. The molecule has 2 amide bonds. The van der Waals surface area contributed by atoms with Crippen LogP contribution in [0.15, 0.2) is 18.2 Å². The summed E-state index contributed by atoms with van der Waals surface area (Å²) in [5.41, 5.74) is 1.01. The minimum absolute atomic E-state index is 0.0182. The average Bonchev–Trinajstić information content (AvgIpc) is 2.60. The first-order chi connectivity index (χ1) is 12.4. The van der Waals surface area contributed by atoms with E-state index in [9.17, 15) is 9.59 Å². The second kappa shape index (κ2) is 8.30. The predicted molar refractivity (Wildman–Crippen MR) is 103 cm³/mol. The van der Waals surface area contributed by atoms with E-state index in [4.69, 9.17) is 16.3 Å². The van der Waals surface area contributed by atoms with E-state index in [-0.39, 0.29) is 12.0 Å². The number of anilines is 1. The Balaban J connectivity index is 1.65. The van der Waals surface area contributed by atoms with Crippen LogP contribution in [-0.4, -0.2) is 36.1 Å². The van der Waals surface area contributed by atoms with Gasteiger partial charge in [0.15, 0.2) is 0 Å². The number of carbonyl (C=O) groups is 2. The summed E-state index contributed by atoms with van der Waals surface area (Å²) < 4.78 is 5.05. The largest absolute Gasteiger partial charge is 0.447 e. The number of amides is 2. The summed E-state index contributed by atoms with van der Waals surface area (Å²) in [5, 5.41) is 2.98. The summed E-state index contributed by atoms with van der Waals surface area (Å²) in [6.45, 7) is 5.20. The molecule has 1 heterocycles. The van der Waals surface area contributed by atoms with Crippen molar-refractivity contribution in [2.45, 2.75) is 52.1 Å². The number of rotatable bonds is 3. The minimum Gasteiger partial charge on any atom is -0.447 e. The van der Waals surface area contributed by atoms with Crippen LogP contribution in [0.2, 0.25) is 5.02 Å². The molecule has 0 bridgehead atoms. The third-order valence-corrected chi connectivity index (χ3v) is 5.68. The Labute approximate surface area is 160 Å². The molecule has 1 N–H and O–H groups in total. The first-order valence-electron chi connectivity index (χ1n) is 9.50. The summed E-state index contributed by atoms with van der Waals surface area (Å²) in [6, 6.07) is 4.97. The number of hydrogen-bond donors (Lipinski definition) is 1. The third kappa shape index (κ3) is 4.50. The molecule has 0 radical (unpaired) electrons. The Morgan fingerprint density at radius 3 is 2.62 bits per heavy atom. The number of nitrogens with zero attached hydrogens (tertiary/aromatic N) is 1. The maximum Gasteiger partial charge on any atom is 0.411 e. The summed E-state index contributed by atoms with van der Waals surface area (Å²) in [6.07, 6.45) is 5.49. The molecule has 1 aliphatic carbocycles. The van der Waals surface area contributed by atoms with Crippen molar-refractivity contribution in [2.24, 2.45) is 11.8 Å². The lowest BCUT2D eigenvalue weighted by Gasteiger charge is -2.41. The Morgan fingerprint density at radius 2 is 1.92 bits per heavy atom. The number of hydrogen-bond acceptors (Lipinski definition) is 3. The van der Waals surface area contributed by atoms with Crippen LogP contribution in [0.4, 0.5) is 10.5 Å². The van der Waals surface area contributed by atoms with Gasteiger partial charge in [-0.15, -0.1) is 0 Å². The molecule has 2 fully saturated rings. The molecule has 0 aromatic heterocycles. The quantitative estimate of drug-likeness (QED) is 0.809. The topological polar surface area (TPSA) is 58.6 Å². The molecule has 3 rings (SSSR count). The first-order valence-corrected chi connectivity index (χ1v) is 9.88. The monoisotopic (exact) mass is 378 g/mol. The van der Waals surface area contributed by atoms with Crippen LogP contribution >= 0.6 is 11.6 Å². The fourth-order valence-electron chi connectivity index (χ4n) is 4.08. The van der Waals surface area contributed by atoms with E-state index in [1.54, 1.807) is 32.0 Å². The maximum atomic E-state index is 12.9. The van der Waals surface area contributed by atoms with Crippen molar-refractivity contribution in [1.29, 1.82) is 0 Å². The Hall–Kier alpha value is -1.75. The zero-order valence-electron chi connectivity index (χ0n) is 15.5. The van der Waals surface area contributed by atoms with Crippen molar-refractivity contribution in [3.05, 3.63) is 28.8 Å². The van der Waals surface area contributed by atoms with Gasteiger partial charge >= 0.3 is 6.09 Å². The molecule has 142 valence electrons. The van der Waals surface area contributed by atoms with Gasteiger partial charge in [-0.1, -0.05) is 30.9 Å². The van der Waals surface area contributed by atoms with Gasteiger partial charge in [0, 0.05) is 18.8 Å². The van der Waals surface area contributed by atoms with Gasteiger partial charge < -0.3 is 9.64 Å². The zero-order valence-corrected chi connectivity index (χ0v) is 16.2. The van der Waals surface area contributed by atoms with Crippen molar-refractivity contribution in [3.8, 4) is 0 Å². The Bertz CT molecular complexity index is 677. The van der Waals surface area contributed by atoms with E-state index in [1.165, 1.54) is 25.7 Å². The van der Waals surface area contributed by atoms with Crippen molar-refractivity contribution in [3.63, 3.8) is 0 Å². The van der Waals surface area contributed by atoms with Crippen LogP contribution in [0, 0.1) is 11.8 Å².